The second kappa shape index (κ2) is 6.41. The zero-order valence-electron chi connectivity index (χ0n) is 11.8. The van der Waals surface area contributed by atoms with Gasteiger partial charge in [-0.15, -0.1) is 0 Å². The Morgan fingerprint density at radius 3 is 2.60 bits per heavy atom. The van der Waals surface area contributed by atoms with E-state index >= 15 is 0 Å². The SMILES string of the molecule is Cc1ccc(C)c(Sc2nc(Cl)nc(OC(C)C)n2)c1. The summed E-state index contributed by atoms with van der Waals surface area (Å²) in [5, 5.41) is 0.679. The standard InChI is InChI=1S/C14H16ClN3OS/c1-8(2)19-13-16-12(15)17-14(18-13)20-11-7-9(3)5-6-10(11)4/h5-8H,1-4H3. The van der Waals surface area contributed by atoms with Crippen LogP contribution in [0.25, 0.3) is 0 Å². The van der Waals surface area contributed by atoms with Gasteiger partial charge >= 0.3 is 6.01 Å². The van der Waals surface area contributed by atoms with Crippen molar-refractivity contribution < 1.29 is 4.74 Å². The van der Waals surface area contributed by atoms with Gasteiger partial charge in [0.1, 0.15) is 0 Å². The van der Waals surface area contributed by atoms with Crippen molar-refractivity contribution >= 4 is 23.4 Å². The van der Waals surface area contributed by atoms with Crippen LogP contribution in [0.15, 0.2) is 28.3 Å². The maximum absolute atomic E-state index is 5.92. The lowest BCUT2D eigenvalue weighted by Gasteiger charge is -2.09. The summed E-state index contributed by atoms with van der Waals surface area (Å²) in [5.41, 5.74) is 2.36. The van der Waals surface area contributed by atoms with Crippen LogP contribution in [0.2, 0.25) is 5.28 Å². The van der Waals surface area contributed by atoms with Gasteiger partial charge in [0.05, 0.1) is 6.10 Å². The quantitative estimate of drug-likeness (QED) is 0.851. The molecule has 1 heterocycles. The van der Waals surface area contributed by atoms with Gasteiger partial charge in [-0.1, -0.05) is 12.1 Å². The average molecular weight is 310 g/mol. The van der Waals surface area contributed by atoms with E-state index in [1.807, 2.05) is 13.8 Å². The third kappa shape index (κ3) is 4.08. The van der Waals surface area contributed by atoms with E-state index < -0.39 is 0 Å². The van der Waals surface area contributed by atoms with Crippen LogP contribution in [0.4, 0.5) is 0 Å². The van der Waals surface area contributed by atoms with Crippen molar-refractivity contribution in [3.8, 4) is 6.01 Å². The summed E-state index contributed by atoms with van der Waals surface area (Å²) in [6.45, 7) is 7.93. The van der Waals surface area contributed by atoms with Gasteiger partial charge in [-0.2, -0.15) is 15.0 Å². The Hall–Kier alpha value is -1.33. The lowest BCUT2D eigenvalue weighted by Crippen LogP contribution is -2.09. The number of benzene rings is 1. The predicted octanol–water partition coefficient (Wildman–Crippen LogP) is 4.08. The molecule has 1 aromatic carbocycles. The predicted molar refractivity (Wildman–Crippen MR) is 80.6 cm³/mol. The lowest BCUT2D eigenvalue weighted by molar-refractivity contribution is 0.219. The molecule has 0 saturated carbocycles. The molecule has 2 rings (SSSR count). The number of aryl methyl sites for hydroxylation is 2. The summed E-state index contributed by atoms with van der Waals surface area (Å²) < 4.78 is 5.47. The van der Waals surface area contributed by atoms with E-state index in [9.17, 15) is 0 Å². The molecule has 0 fully saturated rings. The molecule has 4 nitrogen and oxygen atoms in total. The topological polar surface area (TPSA) is 47.9 Å². The van der Waals surface area contributed by atoms with Crippen LogP contribution in [0.3, 0.4) is 0 Å². The molecule has 6 heteroatoms. The van der Waals surface area contributed by atoms with Gasteiger partial charge in [0.15, 0.2) is 5.16 Å². The molecule has 0 aliphatic carbocycles. The van der Waals surface area contributed by atoms with Crippen molar-refractivity contribution in [2.45, 2.75) is 43.9 Å². The highest BCUT2D eigenvalue weighted by Crippen LogP contribution is 2.29. The van der Waals surface area contributed by atoms with Crippen molar-refractivity contribution in [2.24, 2.45) is 0 Å². The summed E-state index contributed by atoms with van der Waals surface area (Å²) in [6.07, 6.45) is -0.00739. The highest BCUT2D eigenvalue weighted by molar-refractivity contribution is 7.99. The number of rotatable bonds is 4. The van der Waals surface area contributed by atoms with Crippen LogP contribution in [0, 0.1) is 13.8 Å². The van der Waals surface area contributed by atoms with Crippen LogP contribution in [-0.2, 0) is 0 Å². The van der Waals surface area contributed by atoms with Crippen LogP contribution in [-0.4, -0.2) is 21.1 Å². The van der Waals surface area contributed by atoms with Crippen LogP contribution < -0.4 is 4.74 Å². The minimum absolute atomic E-state index is 0.00739. The number of nitrogens with zero attached hydrogens (tertiary/aromatic N) is 3. The molecule has 0 radical (unpaired) electrons. The van der Waals surface area contributed by atoms with E-state index in [0.717, 1.165) is 4.90 Å². The Bertz CT molecular complexity index is 619. The van der Waals surface area contributed by atoms with Crippen molar-refractivity contribution in [1.82, 2.24) is 15.0 Å². The molecule has 0 aliphatic heterocycles. The van der Waals surface area contributed by atoms with E-state index in [1.54, 1.807) is 0 Å². The molecule has 0 aliphatic rings. The molecule has 0 amide bonds. The Balaban J connectivity index is 2.28. The van der Waals surface area contributed by atoms with Crippen LogP contribution in [0.5, 0.6) is 6.01 Å². The fourth-order valence-electron chi connectivity index (χ4n) is 1.54. The molecule has 0 spiro atoms. The second-order valence-corrected chi connectivity index (χ2v) is 6.05. The highest BCUT2D eigenvalue weighted by Gasteiger charge is 2.10. The van der Waals surface area contributed by atoms with Crippen LogP contribution >= 0.6 is 23.4 Å². The van der Waals surface area contributed by atoms with Crippen molar-refractivity contribution in [3.05, 3.63) is 34.6 Å². The minimum Gasteiger partial charge on any atom is -0.461 e. The summed E-state index contributed by atoms with van der Waals surface area (Å²) in [5.74, 6) is 0. The average Bonchev–Trinajstić information content (AvgIpc) is 2.32. The van der Waals surface area contributed by atoms with Gasteiger partial charge in [0, 0.05) is 4.90 Å². The molecule has 0 saturated heterocycles. The molecule has 106 valence electrons. The molecule has 0 bridgehead atoms. The first-order valence-electron chi connectivity index (χ1n) is 6.27. The van der Waals surface area contributed by atoms with E-state index in [0.29, 0.717) is 5.16 Å². The molecular formula is C14H16ClN3OS. The highest BCUT2D eigenvalue weighted by atomic mass is 35.5. The minimum atomic E-state index is -0.00739. The Kier molecular flexibility index (Phi) is 4.83. The Labute approximate surface area is 128 Å². The third-order valence-corrected chi connectivity index (χ3v) is 3.65. The molecule has 0 unspecified atom stereocenters. The van der Waals surface area contributed by atoms with Crippen LogP contribution in [0.1, 0.15) is 25.0 Å². The number of ether oxygens (including phenoxy) is 1. The van der Waals surface area contributed by atoms with E-state index in [-0.39, 0.29) is 17.4 Å². The molecular weight excluding hydrogens is 294 g/mol. The zero-order chi connectivity index (χ0) is 14.7. The van der Waals surface area contributed by atoms with E-state index in [2.05, 4.69) is 47.0 Å². The smallest absolute Gasteiger partial charge is 0.322 e. The fraction of sp³-hybridized carbons (Fsp3) is 0.357. The Morgan fingerprint density at radius 2 is 1.90 bits per heavy atom. The first kappa shape index (κ1) is 15.1. The van der Waals surface area contributed by atoms with E-state index in [4.69, 9.17) is 16.3 Å². The number of aromatic nitrogens is 3. The van der Waals surface area contributed by atoms with Gasteiger partial charge < -0.3 is 4.74 Å². The van der Waals surface area contributed by atoms with Gasteiger partial charge in [-0.3, -0.25) is 0 Å². The monoisotopic (exact) mass is 309 g/mol. The molecule has 1 aromatic heterocycles. The lowest BCUT2D eigenvalue weighted by atomic mass is 10.2. The van der Waals surface area contributed by atoms with Gasteiger partial charge in [0.25, 0.3) is 0 Å². The molecule has 2 aromatic rings. The summed E-state index contributed by atoms with van der Waals surface area (Å²) in [7, 11) is 0. The van der Waals surface area contributed by atoms with Gasteiger partial charge in [-0.25, -0.2) is 0 Å². The fourth-order valence-corrected chi connectivity index (χ4v) is 2.67. The van der Waals surface area contributed by atoms with Gasteiger partial charge in [-0.05, 0) is 68.3 Å². The summed E-state index contributed by atoms with van der Waals surface area (Å²) in [6, 6.07) is 6.51. The van der Waals surface area contributed by atoms with Crippen molar-refractivity contribution in [1.29, 1.82) is 0 Å². The summed E-state index contributed by atoms with van der Waals surface area (Å²) >= 11 is 7.37. The molecule has 0 atom stereocenters. The number of hydrogen-bond acceptors (Lipinski definition) is 5. The zero-order valence-corrected chi connectivity index (χ0v) is 13.4. The second-order valence-electron chi connectivity index (χ2n) is 4.71. The first-order chi connectivity index (χ1) is 9.44. The third-order valence-electron chi connectivity index (χ3n) is 2.45. The first-order valence-corrected chi connectivity index (χ1v) is 7.47. The number of halogens is 1. The largest absolute Gasteiger partial charge is 0.461 e. The molecule has 20 heavy (non-hydrogen) atoms. The maximum Gasteiger partial charge on any atom is 0.322 e. The van der Waals surface area contributed by atoms with Gasteiger partial charge in [0.2, 0.25) is 5.28 Å². The maximum atomic E-state index is 5.92. The van der Waals surface area contributed by atoms with Crippen molar-refractivity contribution in [3.63, 3.8) is 0 Å². The van der Waals surface area contributed by atoms with E-state index in [1.165, 1.54) is 22.9 Å². The van der Waals surface area contributed by atoms with Crippen molar-refractivity contribution in [2.75, 3.05) is 0 Å². The summed E-state index contributed by atoms with van der Waals surface area (Å²) in [4.78, 5) is 13.5. The molecule has 0 N–H and O–H groups in total. The Morgan fingerprint density at radius 1 is 1.15 bits per heavy atom. The normalized spacial score (nSPS) is 10.9. The number of hydrogen-bond donors (Lipinski definition) is 0.